The highest BCUT2D eigenvalue weighted by molar-refractivity contribution is 5.11. The van der Waals surface area contributed by atoms with Crippen LogP contribution >= 0.6 is 0 Å². The van der Waals surface area contributed by atoms with Crippen LogP contribution < -0.4 is 0 Å². The second kappa shape index (κ2) is 3.72. The van der Waals surface area contributed by atoms with Gasteiger partial charge in [-0.1, -0.05) is 0 Å². The van der Waals surface area contributed by atoms with E-state index < -0.39 is 0 Å². The second-order valence-corrected chi connectivity index (χ2v) is 4.81. The molecule has 0 spiro atoms. The van der Waals surface area contributed by atoms with E-state index in [0.29, 0.717) is 24.0 Å². The van der Waals surface area contributed by atoms with Crippen LogP contribution in [0.1, 0.15) is 26.7 Å². The summed E-state index contributed by atoms with van der Waals surface area (Å²) in [6.45, 7) is 5.71. The van der Waals surface area contributed by atoms with Crippen molar-refractivity contribution >= 4 is 0 Å². The van der Waals surface area contributed by atoms with Gasteiger partial charge in [-0.15, -0.1) is 0 Å². The molecule has 0 radical (unpaired) electrons. The first-order valence-electron chi connectivity index (χ1n) is 6.25. The first-order chi connectivity index (χ1) is 7.36. The molecular weight excluding hydrogens is 192 g/mol. The van der Waals surface area contributed by atoms with E-state index in [-0.39, 0.29) is 12.2 Å². The number of ether oxygens (including phenoxy) is 3. The van der Waals surface area contributed by atoms with Gasteiger partial charge in [0.25, 0.3) is 0 Å². The van der Waals surface area contributed by atoms with Crippen molar-refractivity contribution < 1.29 is 14.2 Å². The summed E-state index contributed by atoms with van der Waals surface area (Å²) in [5, 5.41) is 0. The number of hydrogen-bond acceptors (Lipinski definition) is 3. The molecule has 1 aliphatic heterocycles. The first kappa shape index (κ1) is 10.1. The number of fused-ring (bicyclic) bond motifs is 2. The van der Waals surface area contributed by atoms with E-state index >= 15 is 0 Å². The molecule has 3 heteroatoms. The van der Waals surface area contributed by atoms with Gasteiger partial charge in [0.1, 0.15) is 0 Å². The lowest BCUT2D eigenvalue weighted by Crippen LogP contribution is -2.54. The maximum Gasteiger partial charge on any atom is 0.0899 e. The largest absolute Gasteiger partial charge is 0.375 e. The minimum Gasteiger partial charge on any atom is -0.375 e. The van der Waals surface area contributed by atoms with Crippen LogP contribution in [-0.4, -0.2) is 37.6 Å². The summed E-state index contributed by atoms with van der Waals surface area (Å²) in [5.41, 5.74) is 0. The van der Waals surface area contributed by atoms with Gasteiger partial charge in [0.2, 0.25) is 0 Å². The van der Waals surface area contributed by atoms with Crippen molar-refractivity contribution in [1.82, 2.24) is 0 Å². The van der Waals surface area contributed by atoms with E-state index in [1.54, 1.807) is 0 Å². The molecular formula is C12H20O3. The predicted molar refractivity (Wildman–Crippen MR) is 55.7 cm³/mol. The quantitative estimate of drug-likeness (QED) is 0.663. The highest BCUT2D eigenvalue weighted by Gasteiger charge is 2.64. The molecule has 4 rings (SSSR count). The fraction of sp³-hybridized carbons (Fsp3) is 1.00. The molecule has 86 valence electrons. The standard InChI is InChI=1S/C12H20O3/c1-3-13-9-7-5-6-8(10(9)14-4-2)12-11(7)15-12/h7-12H,3-6H2,1-2H3. The van der Waals surface area contributed by atoms with Crippen molar-refractivity contribution in [3.63, 3.8) is 0 Å². The Balaban J connectivity index is 1.78. The Bertz CT molecular complexity index is 219. The first-order valence-corrected chi connectivity index (χ1v) is 6.25. The summed E-state index contributed by atoms with van der Waals surface area (Å²) in [4.78, 5) is 0. The lowest BCUT2D eigenvalue weighted by molar-refractivity contribution is -0.149. The van der Waals surface area contributed by atoms with Crippen molar-refractivity contribution in [2.24, 2.45) is 11.8 Å². The summed E-state index contributed by atoms with van der Waals surface area (Å²) >= 11 is 0. The van der Waals surface area contributed by atoms with Gasteiger partial charge in [-0.3, -0.25) is 0 Å². The average Bonchev–Trinajstić information content (AvgIpc) is 3.02. The fourth-order valence-corrected chi connectivity index (χ4v) is 3.55. The lowest BCUT2D eigenvalue weighted by atomic mass is 9.67. The number of epoxide rings is 1. The lowest BCUT2D eigenvalue weighted by Gasteiger charge is -2.45. The molecule has 4 fully saturated rings. The van der Waals surface area contributed by atoms with Gasteiger partial charge in [-0.05, 0) is 26.7 Å². The molecule has 6 atom stereocenters. The van der Waals surface area contributed by atoms with E-state index in [1.807, 2.05) is 0 Å². The Hall–Kier alpha value is -0.120. The summed E-state index contributed by atoms with van der Waals surface area (Å²) in [5.74, 6) is 1.19. The van der Waals surface area contributed by atoms with Crippen LogP contribution in [0.3, 0.4) is 0 Å². The van der Waals surface area contributed by atoms with Crippen LogP contribution in [0.4, 0.5) is 0 Å². The molecule has 0 N–H and O–H groups in total. The normalized spacial score (nSPS) is 51.6. The van der Waals surface area contributed by atoms with E-state index in [2.05, 4.69) is 13.8 Å². The zero-order valence-electron chi connectivity index (χ0n) is 9.52. The Morgan fingerprint density at radius 1 is 0.933 bits per heavy atom. The molecule has 1 heterocycles. The maximum atomic E-state index is 5.87. The molecule has 1 saturated heterocycles. The molecule has 2 bridgehead atoms. The van der Waals surface area contributed by atoms with Crippen molar-refractivity contribution in [3.8, 4) is 0 Å². The molecule has 0 amide bonds. The zero-order valence-corrected chi connectivity index (χ0v) is 9.52. The smallest absolute Gasteiger partial charge is 0.0899 e. The molecule has 0 aromatic carbocycles. The van der Waals surface area contributed by atoms with E-state index in [1.165, 1.54) is 12.8 Å². The Morgan fingerprint density at radius 3 is 1.80 bits per heavy atom. The minimum atomic E-state index is 0.289. The van der Waals surface area contributed by atoms with Gasteiger partial charge in [-0.2, -0.15) is 0 Å². The third-order valence-corrected chi connectivity index (χ3v) is 4.12. The summed E-state index contributed by atoms with van der Waals surface area (Å²) < 4.78 is 17.5. The van der Waals surface area contributed by atoms with Crippen LogP contribution in [0, 0.1) is 11.8 Å². The Morgan fingerprint density at radius 2 is 1.40 bits per heavy atom. The van der Waals surface area contributed by atoms with Gasteiger partial charge >= 0.3 is 0 Å². The molecule has 3 saturated carbocycles. The predicted octanol–water partition coefficient (Wildman–Crippen LogP) is 1.60. The van der Waals surface area contributed by atoms with Crippen molar-refractivity contribution in [2.75, 3.05) is 13.2 Å². The van der Waals surface area contributed by atoms with Crippen LogP contribution in [0.5, 0.6) is 0 Å². The molecule has 4 aliphatic rings. The molecule has 0 aromatic rings. The molecule has 3 aliphatic carbocycles. The molecule has 6 unspecified atom stereocenters. The average molecular weight is 212 g/mol. The van der Waals surface area contributed by atoms with E-state index in [4.69, 9.17) is 14.2 Å². The van der Waals surface area contributed by atoms with E-state index in [9.17, 15) is 0 Å². The van der Waals surface area contributed by atoms with Gasteiger partial charge < -0.3 is 14.2 Å². The van der Waals surface area contributed by atoms with Gasteiger partial charge in [0.05, 0.1) is 24.4 Å². The van der Waals surface area contributed by atoms with Gasteiger partial charge in [0, 0.05) is 25.0 Å². The van der Waals surface area contributed by atoms with Crippen LogP contribution in [0.25, 0.3) is 0 Å². The van der Waals surface area contributed by atoms with Crippen LogP contribution in [0.15, 0.2) is 0 Å². The monoisotopic (exact) mass is 212 g/mol. The third kappa shape index (κ3) is 1.44. The van der Waals surface area contributed by atoms with Crippen molar-refractivity contribution in [3.05, 3.63) is 0 Å². The van der Waals surface area contributed by atoms with Crippen LogP contribution in [-0.2, 0) is 14.2 Å². The maximum absolute atomic E-state index is 5.87. The van der Waals surface area contributed by atoms with E-state index in [0.717, 1.165) is 13.2 Å². The number of hydrogen-bond donors (Lipinski definition) is 0. The Kier molecular flexibility index (Phi) is 2.49. The summed E-state index contributed by atoms with van der Waals surface area (Å²) in [6.07, 6.45) is 4.10. The summed E-state index contributed by atoms with van der Waals surface area (Å²) in [6, 6.07) is 0. The number of rotatable bonds is 4. The topological polar surface area (TPSA) is 31.0 Å². The molecule has 15 heavy (non-hydrogen) atoms. The highest BCUT2D eigenvalue weighted by Crippen LogP contribution is 2.54. The van der Waals surface area contributed by atoms with Crippen molar-refractivity contribution in [2.45, 2.75) is 51.1 Å². The summed E-state index contributed by atoms with van der Waals surface area (Å²) in [7, 11) is 0. The molecule has 3 nitrogen and oxygen atoms in total. The SMILES string of the molecule is CCOC1C2CCC(C1OCC)C1OC21. The second-order valence-electron chi connectivity index (χ2n) is 4.81. The minimum absolute atomic E-state index is 0.289. The zero-order chi connectivity index (χ0) is 10.4. The highest BCUT2D eigenvalue weighted by atomic mass is 16.6. The fourth-order valence-electron chi connectivity index (χ4n) is 3.55. The van der Waals surface area contributed by atoms with Gasteiger partial charge in [0.15, 0.2) is 0 Å². The van der Waals surface area contributed by atoms with Crippen molar-refractivity contribution in [1.29, 1.82) is 0 Å². The third-order valence-electron chi connectivity index (χ3n) is 4.12. The van der Waals surface area contributed by atoms with Gasteiger partial charge in [-0.25, -0.2) is 0 Å². The van der Waals surface area contributed by atoms with Crippen LogP contribution in [0.2, 0.25) is 0 Å². The molecule has 0 aromatic heterocycles. The Labute approximate surface area is 91.1 Å².